The van der Waals surface area contributed by atoms with Crippen LogP contribution in [-0.4, -0.2) is 11.7 Å². The molecule has 0 bridgehead atoms. The van der Waals surface area contributed by atoms with Gasteiger partial charge in [0.1, 0.15) is 5.75 Å². The zero-order valence-electron chi connectivity index (χ0n) is 7.54. The van der Waals surface area contributed by atoms with E-state index in [0.29, 0.717) is 11.3 Å². The summed E-state index contributed by atoms with van der Waals surface area (Å²) in [6.45, 7) is 0. The van der Waals surface area contributed by atoms with Gasteiger partial charge in [0.15, 0.2) is 5.82 Å². The normalized spacial score (nSPS) is 10.7. The smallest absolute Gasteiger partial charge is 0.151 e. The number of nitrogens with zero attached hydrogens (tertiary/aromatic N) is 1. The minimum absolute atomic E-state index is 0.248. The molecule has 0 unspecified atom stereocenters. The SMILES string of the molecule is COc1cc(F)c2c(ccn2C)c1. The van der Waals surface area contributed by atoms with Crippen molar-refractivity contribution in [3.8, 4) is 5.75 Å². The number of halogens is 1. The van der Waals surface area contributed by atoms with Gasteiger partial charge < -0.3 is 9.30 Å². The Balaban J connectivity index is 2.79. The standard InChI is InChI=1S/C10H10FNO/c1-12-4-3-7-5-8(13-2)6-9(11)10(7)12/h3-6H,1-2H3. The molecule has 0 aliphatic carbocycles. The molecule has 1 aromatic heterocycles. The minimum atomic E-state index is -0.248. The second kappa shape index (κ2) is 2.76. The van der Waals surface area contributed by atoms with Crippen molar-refractivity contribution in [2.45, 2.75) is 0 Å². The van der Waals surface area contributed by atoms with Crippen LogP contribution in [0.5, 0.6) is 5.75 Å². The fraction of sp³-hybridized carbons (Fsp3) is 0.200. The van der Waals surface area contributed by atoms with Gasteiger partial charge >= 0.3 is 0 Å². The minimum Gasteiger partial charge on any atom is -0.497 e. The second-order valence-corrected chi connectivity index (χ2v) is 2.97. The average molecular weight is 179 g/mol. The highest BCUT2D eigenvalue weighted by atomic mass is 19.1. The number of methoxy groups -OCH3 is 1. The Morgan fingerprint density at radius 1 is 1.38 bits per heavy atom. The van der Waals surface area contributed by atoms with E-state index in [1.54, 1.807) is 4.57 Å². The molecule has 0 radical (unpaired) electrons. The third-order valence-electron chi connectivity index (χ3n) is 2.13. The molecule has 0 atom stereocenters. The van der Waals surface area contributed by atoms with Crippen molar-refractivity contribution in [3.63, 3.8) is 0 Å². The van der Waals surface area contributed by atoms with E-state index in [4.69, 9.17) is 4.74 Å². The van der Waals surface area contributed by atoms with Gasteiger partial charge in [-0.15, -0.1) is 0 Å². The summed E-state index contributed by atoms with van der Waals surface area (Å²) in [5.41, 5.74) is 0.612. The Kier molecular flexibility index (Phi) is 1.72. The summed E-state index contributed by atoms with van der Waals surface area (Å²) in [6, 6.07) is 5.07. The number of ether oxygens (including phenoxy) is 1. The third-order valence-corrected chi connectivity index (χ3v) is 2.13. The molecule has 1 heterocycles. The molecule has 0 saturated carbocycles. The largest absolute Gasteiger partial charge is 0.497 e. The van der Waals surface area contributed by atoms with Crippen LogP contribution in [-0.2, 0) is 7.05 Å². The number of aromatic nitrogens is 1. The zero-order chi connectivity index (χ0) is 9.42. The molecule has 0 saturated heterocycles. The predicted molar refractivity (Wildman–Crippen MR) is 49.4 cm³/mol. The van der Waals surface area contributed by atoms with E-state index >= 15 is 0 Å². The summed E-state index contributed by atoms with van der Waals surface area (Å²) in [4.78, 5) is 0. The first-order valence-corrected chi connectivity index (χ1v) is 4.01. The highest BCUT2D eigenvalue weighted by Crippen LogP contribution is 2.24. The lowest BCUT2D eigenvalue weighted by atomic mass is 10.2. The molecule has 3 heteroatoms. The van der Waals surface area contributed by atoms with Gasteiger partial charge in [-0.3, -0.25) is 0 Å². The molecular weight excluding hydrogens is 169 g/mol. The third kappa shape index (κ3) is 1.16. The van der Waals surface area contributed by atoms with Crippen LogP contribution < -0.4 is 4.74 Å². The van der Waals surface area contributed by atoms with E-state index < -0.39 is 0 Å². The molecule has 0 spiro atoms. The van der Waals surface area contributed by atoms with Gasteiger partial charge in [0.2, 0.25) is 0 Å². The fourth-order valence-corrected chi connectivity index (χ4v) is 1.48. The number of rotatable bonds is 1. The van der Waals surface area contributed by atoms with Crippen molar-refractivity contribution < 1.29 is 9.13 Å². The maximum atomic E-state index is 13.4. The van der Waals surface area contributed by atoms with E-state index in [1.165, 1.54) is 13.2 Å². The Hall–Kier alpha value is -1.51. The summed E-state index contributed by atoms with van der Waals surface area (Å²) >= 11 is 0. The van der Waals surface area contributed by atoms with Gasteiger partial charge in [0, 0.05) is 24.7 Å². The molecule has 0 aliphatic heterocycles. The van der Waals surface area contributed by atoms with Crippen molar-refractivity contribution in [2.24, 2.45) is 7.05 Å². The molecule has 1 aromatic carbocycles. The number of aryl methyl sites for hydroxylation is 1. The molecule has 0 fully saturated rings. The van der Waals surface area contributed by atoms with Crippen molar-refractivity contribution in [3.05, 3.63) is 30.2 Å². The van der Waals surface area contributed by atoms with E-state index in [-0.39, 0.29) is 5.82 Å². The summed E-state index contributed by atoms with van der Waals surface area (Å²) in [5.74, 6) is 0.304. The molecule has 2 nitrogen and oxygen atoms in total. The number of fused-ring (bicyclic) bond motifs is 1. The lowest BCUT2D eigenvalue weighted by molar-refractivity contribution is 0.412. The first kappa shape index (κ1) is 8.10. The van der Waals surface area contributed by atoms with Gasteiger partial charge in [0.25, 0.3) is 0 Å². The maximum absolute atomic E-state index is 13.4. The average Bonchev–Trinajstić information content (AvgIpc) is 2.48. The molecule has 0 aliphatic rings. The molecular formula is C10H10FNO. The monoisotopic (exact) mass is 179 g/mol. The van der Waals surface area contributed by atoms with Crippen LogP contribution >= 0.6 is 0 Å². The molecule has 2 rings (SSSR count). The Bertz CT molecular complexity index is 447. The fourth-order valence-electron chi connectivity index (χ4n) is 1.48. The summed E-state index contributed by atoms with van der Waals surface area (Å²) in [6.07, 6.45) is 1.83. The van der Waals surface area contributed by atoms with Gasteiger partial charge in [-0.05, 0) is 12.1 Å². The highest BCUT2D eigenvalue weighted by molar-refractivity contribution is 5.82. The van der Waals surface area contributed by atoms with Crippen LogP contribution in [0.4, 0.5) is 4.39 Å². The Morgan fingerprint density at radius 3 is 2.85 bits per heavy atom. The van der Waals surface area contributed by atoms with Crippen molar-refractivity contribution in [1.29, 1.82) is 0 Å². The lowest BCUT2D eigenvalue weighted by Gasteiger charge is -2.02. The van der Waals surface area contributed by atoms with Gasteiger partial charge in [-0.2, -0.15) is 0 Å². The van der Waals surface area contributed by atoms with Gasteiger partial charge in [0.05, 0.1) is 12.6 Å². The summed E-state index contributed by atoms with van der Waals surface area (Å²) < 4.78 is 20.1. The van der Waals surface area contributed by atoms with Crippen molar-refractivity contribution in [2.75, 3.05) is 7.11 Å². The van der Waals surface area contributed by atoms with Crippen LogP contribution in [0.25, 0.3) is 10.9 Å². The first-order valence-electron chi connectivity index (χ1n) is 4.01. The number of hydrogen-bond acceptors (Lipinski definition) is 1. The molecule has 0 amide bonds. The zero-order valence-corrected chi connectivity index (χ0v) is 7.54. The van der Waals surface area contributed by atoms with Crippen molar-refractivity contribution in [1.82, 2.24) is 4.57 Å². The molecule has 13 heavy (non-hydrogen) atoms. The first-order chi connectivity index (χ1) is 6.22. The summed E-state index contributed by atoms with van der Waals surface area (Å²) in [5, 5.41) is 0.861. The Labute approximate surface area is 75.5 Å². The number of hydrogen-bond donors (Lipinski definition) is 0. The summed E-state index contributed by atoms with van der Waals surface area (Å²) in [7, 11) is 3.35. The van der Waals surface area contributed by atoms with Crippen molar-refractivity contribution >= 4 is 10.9 Å². The van der Waals surface area contributed by atoms with E-state index in [9.17, 15) is 4.39 Å². The number of benzene rings is 1. The van der Waals surface area contributed by atoms with Crippen LogP contribution in [0.2, 0.25) is 0 Å². The van der Waals surface area contributed by atoms with Gasteiger partial charge in [-0.1, -0.05) is 0 Å². The van der Waals surface area contributed by atoms with Crippen LogP contribution in [0.3, 0.4) is 0 Å². The van der Waals surface area contributed by atoms with E-state index in [1.807, 2.05) is 25.4 Å². The lowest BCUT2D eigenvalue weighted by Crippen LogP contribution is -1.90. The van der Waals surface area contributed by atoms with Crippen LogP contribution in [0.15, 0.2) is 24.4 Å². The Morgan fingerprint density at radius 2 is 2.15 bits per heavy atom. The van der Waals surface area contributed by atoms with Crippen LogP contribution in [0, 0.1) is 5.82 Å². The highest BCUT2D eigenvalue weighted by Gasteiger charge is 2.06. The van der Waals surface area contributed by atoms with E-state index in [2.05, 4.69) is 0 Å². The molecule has 0 N–H and O–H groups in total. The maximum Gasteiger partial charge on any atom is 0.151 e. The molecule has 68 valence electrons. The second-order valence-electron chi connectivity index (χ2n) is 2.97. The molecule has 2 aromatic rings. The van der Waals surface area contributed by atoms with Crippen LogP contribution in [0.1, 0.15) is 0 Å². The topological polar surface area (TPSA) is 14.2 Å². The van der Waals surface area contributed by atoms with E-state index in [0.717, 1.165) is 5.39 Å². The predicted octanol–water partition coefficient (Wildman–Crippen LogP) is 2.33. The van der Waals surface area contributed by atoms with Gasteiger partial charge in [-0.25, -0.2) is 4.39 Å². The quantitative estimate of drug-likeness (QED) is 0.655.